The van der Waals surface area contributed by atoms with E-state index in [1.165, 1.54) is 44.1 Å². The van der Waals surface area contributed by atoms with Crippen LogP contribution in [0.3, 0.4) is 0 Å². The largest absolute Gasteiger partial charge is 0.456 e. The molecule has 0 unspecified atom stereocenters. The van der Waals surface area contributed by atoms with Gasteiger partial charge >= 0.3 is 0 Å². The van der Waals surface area contributed by atoms with Crippen molar-refractivity contribution in [3.8, 4) is 62.1 Å². The van der Waals surface area contributed by atoms with Crippen LogP contribution in [0.1, 0.15) is 105 Å². The van der Waals surface area contributed by atoms with Gasteiger partial charge in [-0.05, 0) is 116 Å². The van der Waals surface area contributed by atoms with Crippen molar-refractivity contribution in [2.75, 3.05) is 0 Å². The third-order valence-electron chi connectivity index (χ3n) is 16.0. The lowest BCUT2D eigenvalue weighted by molar-refractivity contribution is 0.571. The summed E-state index contributed by atoms with van der Waals surface area (Å²) < 4.78 is 15.6. The number of furan rings is 2. The highest BCUT2D eigenvalue weighted by atomic mass is 16.3. The van der Waals surface area contributed by atoms with E-state index in [2.05, 4.69) is 233 Å². The van der Waals surface area contributed by atoms with Crippen molar-refractivity contribution in [2.45, 2.75) is 105 Å². The molecule has 9 aromatic carbocycles. The van der Waals surface area contributed by atoms with E-state index >= 15 is 0 Å². The van der Waals surface area contributed by atoms with Crippen molar-refractivity contribution in [1.29, 1.82) is 0 Å². The first kappa shape index (κ1) is 49.9. The monoisotopic (exact) mass is 1030 g/mol. The Morgan fingerprint density at radius 2 is 0.671 bits per heavy atom. The Bertz CT molecular complexity index is 4280. The molecule has 0 amide bonds. The van der Waals surface area contributed by atoms with Gasteiger partial charge in [-0.15, -0.1) is 0 Å². The van der Waals surface area contributed by atoms with E-state index in [-0.39, 0.29) is 21.7 Å². The molecule has 6 heteroatoms. The summed E-state index contributed by atoms with van der Waals surface area (Å²) in [7, 11) is 0. The topological polar surface area (TPSA) is 69.9 Å². The molecule has 0 radical (unpaired) electrons. The fourth-order valence-electron chi connectivity index (χ4n) is 11.7. The van der Waals surface area contributed by atoms with Crippen LogP contribution >= 0.6 is 0 Å². The molecule has 13 aromatic rings. The Hall–Kier alpha value is -8.61. The van der Waals surface area contributed by atoms with Gasteiger partial charge < -0.3 is 13.4 Å². The van der Waals surface area contributed by atoms with Gasteiger partial charge in [0, 0.05) is 60.1 Å². The molecule has 0 bridgehead atoms. The summed E-state index contributed by atoms with van der Waals surface area (Å²) in [5, 5.41) is 6.75. The van der Waals surface area contributed by atoms with Crippen LogP contribution < -0.4 is 0 Å². The molecule has 0 aliphatic heterocycles. The predicted molar refractivity (Wildman–Crippen MR) is 331 cm³/mol. The zero-order valence-corrected chi connectivity index (χ0v) is 47.4. The van der Waals surface area contributed by atoms with Crippen LogP contribution in [0, 0.1) is 0 Å². The molecule has 0 saturated carbocycles. The molecule has 79 heavy (non-hydrogen) atoms. The van der Waals surface area contributed by atoms with E-state index in [0.717, 1.165) is 88.5 Å². The van der Waals surface area contributed by atoms with Crippen molar-refractivity contribution in [2.24, 2.45) is 0 Å². The molecule has 0 N–H and O–H groups in total. The molecule has 0 fully saturated rings. The Kier molecular flexibility index (Phi) is 11.4. The lowest BCUT2D eigenvalue weighted by atomic mass is 9.78. The second-order valence-electron chi connectivity index (χ2n) is 25.8. The first-order valence-corrected chi connectivity index (χ1v) is 27.7. The van der Waals surface area contributed by atoms with Crippen LogP contribution in [0.25, 0.3) is 128 Å². The van der Waals surface area contributed by atoms with Crippen LogP contribution in [0.15, 0.2) is 191 Å². The first-order valence-electron chi connectivity index (χ1n) is 27.7. The summed E-state index contributed by atoms with van der Waals surface area (Å²) in [5.41, 5.74) is 18.2. The zero-order chi connectivity index (χ0) is 54.9. The van der Waals surface area contributed by atoms with Crippen molar-refractivity contribution < 1.29 is 8.83 Å². The van der Waals surface area contributed by atoms with Crippen molar-refractivity contribution in [3.63, 3.8) is 0 Å². The zero-order valence-electron chi connectivity index (χ0n) is 47.4. The Morgan fingerprint density at radius 1 is 0.304 bits per heavy atom. The highest BCUT2D eigenvalue weighted by molar-refractivity contribution is 6.14. The van der Waals surface area contributed by atoms with E-state index in [1.807, 2.05) is 36.4 Å². The van der Waals surface area contributed by atoms with Crippen molar-refractivity contribution in [3.05, 3.63) is 204 Å². The minimum atomic E-state index is -0.228. The summed E-state index contributed by atoms with van der Waals surface area (Å²) in [5.74, 6) is 1.62. The summed E-state index contributed by atoms with van der Waals surface area (Å²) in [4.78, 5) is 16.3. The second kappa shape index (κ2) is 18.0. The van der Waals surface area contributed by atoms with Gasteiger partial charge in [-0.25, -0.2) is 15.0 Å². The minimum absolute atomic E-state index is 0.0962. The first-order chi connectivity index (χ1) is 37.7. The van der Waals surface area contributed by atoms with Crippen molar-refractivity contribution in [1.82, 2.24) is 19.5 Å². The average Bonchev–Trinajstić information content (AvgIpc) is 4.29. The molecule has 0 atom stereocenters. The average molecular weight is 1030 g/mol. The van der Waals surface area contributed by atoms with E-state index in [4.69, 9.17) is 23.8 Å². The van der Waals surface area contributed by atoms with Crippen molar-refractivity contribution >= 4 is 65.7 Å². The summed E-state index contributed by atoms with van der Waals surface area (Å²) in [6, 6.07) is 65.3. The number of para-hydroxylation sites is 2. The molecule has 0 aliphatic carbocycles. The Balaban J connectivity index is 1.17. The number of fused-ring (bicyclic) bond motifs is 9. The maximum Gasteiger partial charge on any atom is 0.164 e. The number of hydrogen-bond acceptors (Lipinski definition) is 5. The summed E-state index contributed by atoms with van der Waals surface area (Å²) >= 11 is 0. The normalized spacial score (nSPS) is 12.8. The second-order valence-corrected chi connectivity index (χ2v) is 25.8. The Morgan fingerprint density at radius 3 is 1.06 bits per heavy atom. The summed E-state index contributed by atoms with van der Waals surface area (Å²) in [6.07, 6.45) is 0. The predicted octanol–water partition coefficient (Wildman–Crippen LogP) is 20.3. The smallest absolute Gasteiger partial charge is 0.164 e. The van der Waals surface area contributed by atoms with Gasteiger partial charge in [-0.1, -0.05) is 204 Å². The van der Waals surface area contributed by atoms with E-state index in [0.29, 0.717) is 17.5 Å². The van der Waals surface area contributed by atoms with Gasteiger partial charge in [0.1, 0.15) is 22.3 Å². The summed E-state index contributed by atoms with van der Waals surface area (Å²) in [6.45, 7) is 28.3. The van der Waals surface area contributed by atoms with Crippen LogP contribution in [-0.4, -0.2) is 19.5 Å². The quantitative estimate of drug-likeness (QED) is 0.166. The number of benzene rings is 9. The van der Waals surface area contributed by atoms with Crippen LogP contribution in [-0.2, 0) is 21.7 Å². The standard InChI is InChI=1S/C73H66N4O2/c1-70(2,3)48-39-56-57-40-49(71(4,5)6)42-59(73(10,11)12)66(57)77(65(56)58(41-48)72(7,8)9)64-54(43-23-15-13-16-24-43)35-47(36-55(64)44-25-17-14-18-26-44)69-75-67(45-31-33-52-50-27-19-21-29-60(50)78-62(52)37-45)74-68(76-69)46-32-34-53-51-28-20-22-30-61(51)79-63(53)38-46/h13-42H,1-12H3. The van der Waals surface area contributed by atoms with Gasteiger partial charge in [0.2, 0.25) is 0 Å². The lowest BCUT2D eigenvalue weighted by Crippen LogP contribution is -2.19. The molecule has 4 heterocycles. The fourth-order valence-corrected chi connectivity index (χ4v) is 11.7. The van der Waals surface area contributed by atoms with Gasteiger partial charge in [0.05, 0.1) is 16.7 Å². The highest BCUT2D eigenvalue weighted by Gasteiger charge is 2.33. The third-order valence-corrected chi connectivity index (χ3v) is 16.0. The molecular formula is C73H66N4O2. The number of nitrogens with zero attached hydrogens (tertiary/aromatic N) is 4. The minimum Gasteiger partial charge on any atom is -0.456 e. The molecule has 0 spiro atoms. The van der Waals surface area contributed by atoms with Gasteiger partial charge in [-0.3, -0.25) is 0 Å². The molecule has 0 saturated heterocycles. The van der Waals surface area contributed by atoms with E-state index in [9.17, 15) is 0 Å². The fraction of sp³-hybridized carbons (Fsp3) is 0.219. The molecule has 13 rings (SSSR count). The molecule has 0 aliphatic rings. The maximum atomic E-state index is 6.48. The molecular weight excluding hydrogens is 965 g/mol. The molecule has 4 aromatic heterocycles. The molecule has 390 valence electrons. The number of rotatable bonds is 6. The Labute approximate surface area is 462 Å². The third kappa shape index (κ3) is 8.60. The van der Waals surface area contributed by atoms with Crippen LogP contribution in [0.2, 0.25) is 0 Å². The highest BCUT2D eigenvalue weighted by Crippen LogP contribution is 2.50. The van der Waals surface area contributed by atoms with Gasteiger partial charge in [0.25, 0.3) is 0 Å². The van der Waals surface area contributed by atoms with E-state index in [1.54, 1.807) is 0 Å². The number of hydrogen-bond donors (Lipinski definition) is 0. The molecule has 6 nitrogen and oxygen atoms in total. The van der Waals surface area contributed by atoms with Crippen LogP contribution in [0.4, 0.5) is 0 Å². The van der Waals surface area contributed by atoms with E-state index < -0.39 is 0 Å². The van der Waals surface area contributed by atoms with Gasteiger partial charge in [0.15, 0.2) is 17.5 Å². The SMILES string of the molecule is CC(C)(C)c1cc(C(C)(C)C)c2c(c1)c1cc(C(C)(C)C)cc(C(C)(C)C)c1n2-c1c(-c2ccccc2)cc(-c2nc(-c3ccc4c(c3)oc3ccccc34)nc(-c3ccc4c(c3)oc3ccccc34)n2)cc1-c1ccccc1. The van der Waals surface area contributed by atoms with Crippen LogP contribution in [0.5, 0.6) is 0 Å². The maximum absolute atomic E-state index is 6.48. The lowest BCUT2D eigenvalue weighted by Gasteiger charge is -2.29. The number of aromatic nitrogens is 4. The van der Waals surface area contributed by atoms with Gasteiger partial charge in [-0.2, -0.15) is 0 Å².